The molecule has 1 fully saturated rings. The van der Waals surface area contributed by atoms with Gasteiger partial charge in [-0.2, -0.15) is 4.98 Å². The van der Waals surface area contributed by atoms with Crippen LogP contribution in [0.4, 0.5) is 5.95 Å². The van der Waals surface area contributed by atoms with E-state index in [2.05, 4.69) is 16.8 Å². The minimum atomic E-state index is -0.340. The summed E-state index contributed by atoms with van der Waals surface area (Å²) in [6.07, 6.45) is 2.32. The van der Waals surface area contributed by atoms with Gasteiger partial charge >= 0.3 is 5.69 Å². The number of aromatic nitrogens is 4. The lowest BCUT2D eigenvalue weighted by molar-refractivity contribution is 0.440. The van der Waals surface area contributed by atoms with Gasteiger partial charge in [-0.25, -0.2) is 4.79 Å². The summed E-state index contributed by atoms with van der Waals surface area (Å²) in [5.74, 6) is 1.36. The van der Waals surface area contributed by atoms with Crippen LogP contribution in [0.5, 0.6) is 0 Å². The van der Waals surface area contributed by atoms with Gasteiger partial charge in [-0.1, -0.05) is 37.3 Å². The van der Waals surface area contributed by atoms with Crippen molar-refractivity contribution in [1.29, 1.82) is 0 Å². The second-order valence-electron chi connectivity index (χ2n) is 7.55. The third-order valence-corrected chi connectivity index (χ3v) is 5.46. The van der Waals surface area contributed by atoms with E-state index in [0.29, 0.717) is 17.1 Å². The van der Waals surface area contributed by atoms with Crippen molar-refractivity contribution in [2.75, 3.05) is 18.0 Å². The van der Waals surface area contributed by atoms with Gasteiger partial charge < -0.3 is 9.47 Å². The Morgan fingerprint density at radius 1 is 1.11 bits per heavy atom. The minimum absolute atomic E-state index is 0.254. The average Bonchev–Trinajstić information content (AvgIpc) is 3.02. The monoisotopic (exact) mass is 367 g/mol. The Hall–Kier alpha value is -2.83. The number of rotatable bonds is 3. The highest BCUT2D eigenvalue weighted by Crippen LogP contribution is 2.24. The number of anilines is 1. The van der Waals surface area contributed by atoms with Crippen LogP contribution in [0.25, 0.3) is 11.2 Å². The molecule has 0 bridgehead atoms. The summed E-state index contributed by atoms with van der Waals surface area (Å²) < 4.78 is 4.62. The lowest BCUT2D eigenvalue weighted by Gasteiger charge is -2.31. The van der Waals surface area contributed by atoms with E-state index in [9.17, 15) is 9.59 Å². The largest absolute Gasteiger partial charge is 0.342 e. The molecular weight excluding hydrogens is 342 g/mol. The van der Waals surface area contributed by atoms with Crippen LogP contribution < -0.4 is 16.1 Å². The van der Waals surface area contributed by atoms with E-state index in [4.69, 9.17) is 0 Å². The van der Waals surface area contributed by atoms with Gasteiger partial charge in [-0.05, 0) is 24.3 Å². The Bertz CT molecular complexity index is 1090. The van der Waals surface area contributed by atoms with E-state index in [1.54, 1.807) is 7.05 Å². The number of hydrogen-bond acceptors (Lipinski definition) is 4. The first-order chi connectivity index (χ1) is 13.0. The van der Waals surface area contributed by atoms with Gasteiger partial charge in [0.05, 0.1) is 6.54 Å². The molecule has 0 N–H and O–H groups in total. The van der Waals surface area contributed by atoms with Crippen molar-refractivity contribution in [2.45, 2.75) is 26.3 Å². The van der Waals surface area contributed by atoms with E-state index in [0.717, 1.165) is 31.0 Å². The Balaban J connectivity index is 1.87. The highest BCUT2D eigenvalue weighted by atomic mass is 16.2. The molecule has 1 saturated heterocycles. The van der Waals surface area contributed by atoms with E-state index in [-0.39, 0.29) is 17.8 Å². The molecule has 0 saturated carbocycles. The first-order valence-corrected chi connectivity index (χ1v) is 9.42. The van der Waals surface area contributed by atoms with E-state index < -0.39 is 0 Å². The molecule has 7 heteroatoms. The first kappa shape index (κ1) is 17.6. The molecule has 1 aromatic carbocycles. The van der Waals surface area contributed by atoms with Gasteiger partial charge in [0.1, 0.15) is 0 Å². The van der Waals surface area contributed by atoms with E-state index in [1.807, 2.05) is 41.9 Å². The van der Waals surface area contributed by atoms with Crippen LogP contribution in [-0.2, 0) is 20.6 Å². The Kier molecular flexibility index (Phi) is 4.37. The maximum absolute atomic E-state index is 13.2. The molecule has 1 atom stereocenters. The fraction of sp³-hybridized carbons (Fsp3) is 0.450. The van der Waals surface area contributed by atoms with Crippen molar-refractivity contribution >= 4 is 17.1 Å². The Labute approximate surface area is 157 Å². The van der Waals surface area contributed by atoms with Gasteiger partial charge in [0.2, 0.25) is 5.95 Å². The van der Waals surface area contributed by atoms with E-state index in [1.165, 1.54) is 15.6 Å². The smallest absolute Gasteiger partial charge is 0.332 e. The van der Waals surface area contributed by atoms with Crippen LogP contribution >= 0.6 is 0 Å². The van der Waals surface area contributed by atoms with Crippen LogP contribution in [0.3, 0.4) is 0 Å². The van der Waals surface area contributed by atoms with Gasteiger partial charge in [-0.3, -0.25) is 13.9 Å². The van der Waals surface area contributed by atoms with E-state index >= 15 is 0 Å². The Morgan fingerprint density at radius 2 is 1.85 bits per heavy atom. The molecule has 3 aromatic rings. The molecular formula is C20H25N5O2. The number of piperidine rings is 1. The highest BCUT2D eigenvalue weighted by molar-refractivity contribution is 5.74. The molecule has 142 valence electrons. The molecule has 7 nitrogen and oxygen atoms in total. The Morgan fingerprint density at radius 3 is 2.56 bits per heavy atom. The SMILES string of the molecule is C[C@@H]1CCCN(c2nc3c(c(=O)n(Cc4ccccc4)c(=O)n3C)n2C)C1. The number of fused-ring (bicyclic) bond motifs is 1. The van der Waals surface area contributed by atoms with Crippen LogP contribution in [0, 0.1) is 5.92 Å². The zero-order valence-corrected chi connectivity index (χ0v) is 16.1. The first-order valence-electron chi connectivity index (χ1n) is 9.42. The molecule has 2 aromatic heterocycles. The number of nitrogens with zero attached hydrogens (tertiary/aromatic N) is 5. The van der Waals surface area contributed by atoms with Crippen molar-refractivity contribution in [3.05, 3.63) is 56.7 Å². The van der Waals surface area contributed by atoms with Crippen molar-refractivity contribution in [3.8, 4) is 0 Å². The summed E-state index contributed by atoms with van der Waals surface area (Å²) in [5.41, 5.74) is 1.21. The number of aryl methyl sites for hydroxylation is 2. The predicted octanol–water partition coefficient (Wildman–Crippen LogP) is 1.72. The summed E-state index contributed by atoms with van der Waals surface area (Å²) in [6, 6.07) is 9.56. The third kappa shape index (κ3) is 2.97. The van der Waals surface area contributed by atoms with Crippen molar-refractivity contribution < 1.29 is 0 Å². The van der Waals surface area contributed by atoms with Gasteiger partial charge in [0.15, 0.2) is 11.2 Å². The summed E-state index contributed by atoms with van der Waals surface area (Å²) in [6.45, 7) is 4.33. The van der Waals surface area contributed by atoms with Crippen LogP contribution in [-0.4, -0.2) is 31.8 Å². The van der Waals surface area contributed by atoms with Gasteiger partial charge in [-0.15, -0.1) is 0 Å². The second-order valence-corrected chi connectivity index (χ2v) is 7.55. The molecule has 0 spiro atoms. The fourth-order valence-corrected chi connectivity index (χ4v) is 3.99. The number of imidazole rings is 1. The molecule has 1 aliphatic rings. The minimum Gasteiger partial charge on any atom is -0.342 e. The molecule has 3 heterocycles. The third-order valence-electron chi connectivity index (χ3n) is 5.46. The molecule has 1 aliphatic heterocycles. The zero-order chi connectivity index (χ0) is 19.1. The van der Waals surface area contributed by atoms with Crippen molar-refractivity contribution in [2.24, 2.45) is 20.0 Å². The zero-order valence-electron chi connectivity index (χ0n) is 16.1. The maximum atomic E-state index is 13.2. The summed E-state index contributed by atoms with van der Waals surface area (Å²) >= 11 is 0. The lowest BCUT2D eigenvalue weighted by Crippen LogP contribution is -2.39. The average molecular weight is 367 g/mol. The number of benzene rings is 1. The molecule has 0 unspecified atom stereocenters. The standard InChI is InChI=1S/C20H25N5O2/c1-14-8-7-11-24(12-14)19-21-17-16(22(19)2)18(26)25(20(27)23(17)3)13-15-9-5-4-6-10-15/h4-6,9-10,14H,7-8,11-13H2,1-3H3/t14-/m1/s1. The van der Waals surface area contributed by atoms with Crippen LogP contribution in [0.2, 0.25) is 0 Å². The van der Waals surface area contributed by atoms with Crippen LogP contribution in [0.15, 0.2) is 39.9 Å². The normalized spacial score (nSPS) is 17.6. The topological polar surface area (TPSA) is 65.1 Å². The molecule has 27 heavy (non-hydrogen) atoms. The fourth-order valence-electron chi connectivity index (χ4n) is 3.99. The predicted molar refractivity (Wildman–Crippen MR) is 106 cm³/mol. The molecule has 0 aliphatic carbocycles. The molecule has 0 radical (unpaired) electrons. The van der Waals surface area contributed by atoms with Crippen molar-refractivity contribution in [3.63, 3.8) is 0 Å². The maximum Gasteiger partial charge on any atom is 0.332 e. The lowest BCUT2D eigenvalue weighted by atomic mass is 10.0. The summed E-state index contributed by atoms with van der Waals surface area (Å²) in [7, 11) is 3.55. The highest BCUT2D eigenvalue weighted by Gasteiger charge is 2.24. The van der Waals surface area contributed by atoms with Gasteiger partial charge in [0.25, 0.3) is 5.56 Å². The number of hydrogen-bond donors (Lipinski definition) is 0. The van der Waals surface area contributed by atoms with Gasteiger partial charge in [0, 0.05) is 27.2 Å². The molecule has 4 rings (SSSR count). The quantitative estimate of drug-likeness (QED) is 0.707. The van der Waals surface area contributed by atoms with Crippen molar-refractivity contribution in [1.82, 2.24) is 18.7 Å². The summed E-state index contributed by atoms with van der Waals surface area (Å²) in [4.78, 5) is 32.9. The molecule has 0 amide bonds. The van der Waals surface area contributed by atoms with Crippen LogP contribution in [0.1, 0.15) is 25.3 Å². The second kappa shape index (κ2) is 6.72. The summed E-state index contributed by atoms with van der Waals surface area (Å²) in [5, 5.41) is 0.